The molecule has 1 saturated heterocycles. The first-order valence-electron chi connectivity index (χ1n) is 8.51. The number of hydrogen-bond acceptors (Lipinski definition) is 4. The zero-order chi connectivity index (χ0) is 19.6. The number of nitrogens with one attached hydrogen (secondary N) is 1. The molecule has 1 fully saturated rings. The molecule has 0 aliphatic carbocycles. The van der Waals surface area contributed by atoms with Crippen molar-refractivity contribution in [1.82, 2.24) is 10.2 Å². The summed E-state index contributed by atoms with van der Waals surface area (Å²) in [6.07, 6.45) is 0. The van der Waals surface area contributed by atoms with Crippen LogP contribution in [-0.2, 0) is 10.3 Å². The minimum atomic E-state index is -1.24. The molecule has 0 aromatic heterocycles. The van der Waals surface area contributed by atoms with Crippen molar-refractivity contribution in [2.45, 2.75) is 19.4 Å². The molecule has 2 aromatic rings. The summed E-state index contributed by atoms with van der Waals surface area (Å²) < 4.78 is 5.34. The quantitative estimate of drug-likeness (QED) is 0.610. The predicted octanol–water partition coefficient (Wildman–Crippen LogP) is 3.39. The van der Waals surface area contributed by atoms with E-state index in [-0.39, 0.29) is 12.3 Å². The molecule has 0 spiro atoms. The number of benzene rings is 2. The predicted molar refractivity (Wildman–Crippen MR) is 101 cm³/mol. The molecule has 7 heteroatoms. The number of urea groups is 1. The molecule has 6 nitrogen and oxygen atoms in total. The van der Waals surface area contributed by atoms with E-state index in [1.54, 1.807) is 55.5 Å². The van der Waals surface area contributed by atoms with E-state index in [0.717, 1.165) is 4.90 Å². The number of carbonyl (C=O) groups excluding carboxylic acids is 3. The summed E-state index contributed by atoms with van der Waals surface area (Å²) in [5.74, 6) is -0.157. The normalized spacial score (nSPS) is 19.1. The fourth-order valence-electron chi connectivity index (χ4n) is 2.96. The molecule has 0 radical (unpaired) electrons. The Morgan fingerprint density at radius 1 is 1.11 bits per heavy atom. The van der Waals surface area contributed by atoms with Crippen LogP contribution in [0.15, 0.2) is 48.5 Å². The molecule has 0 unspecified atom stereocenters. The Balaban J connectivity index is 1.77. The average molecular weight is 387 g/mol. The molecule has 1 heterocycles. The van der Waals surface area contributed by atoms with Crippen LogP contribution in [0, 0.1) is 0 Å². The van der Waals surface area contributed by atoms with Gasteiger partial charge in [0.25, 0.3) is 5.91 Å². The second kappa shape index (κ2) is 7.40. The molecule has 1 aliphatic rings. The number of amides is 3. The van der Waals surface area contributed by atoms with E-state index >= 15 is 0 Å². The van der Waals surface area contributed by atoms with E-state index in [9.17, 15) is 14.4 Å². The number of hydrogen-bond donors (Lipinski definition) is 1. The zero-order valence-electron chi connectivity index (χ0n) is 15.0. The maximum absolute atomic E-state index is 12.9. The monoisotopic (exact) mass is 386 g/mol. The summed E-state index contributed by atoms with van der Waals surface area (Å²) in [5, 5.41) is 3.20. The van der Waals surface area contributed by atoms with Crippen molar-refractivity contribution < 1.29 is 19.1 Å². The van der Waals surface area contributed by atoms with Crippen molar-refractivity contribution in [3.63, 3.8) is 0 Å². The van der Waals surface area contributed by atoms with Gasteiger partial charge in [0.05, 0.1) is 13.2 Å². The van der Waals surface area contributed by atoms with Crippen LogP contribution in [0.3, 0.4) is 0 Å². The molecule has 3 amide bonds. The van der Waals surface area contributed by atoms with Gasteiger partial charge >= 0.3 is 6.03 Å². The van der Waals surface area contributed by atoms with Crippen LogP contribution in [0.4, 0.5) is 4.79 Å². The van der Waals surface area contributed by atoms with Gasteiger partial charge in [0.2, 0.25) is 0 Å². The Bertz CT molecular complexity index is 880. The first-order chi connectivity index (χ1) is 12.8. The van der Waals surface area contributed by atoms with Gasteiger partial charge in [-0.25, -0.2) is 4.79 Å². The minimum absolute atomic E-state index is 0.332. The highest BCUT2D eigenvalue weighted by atomic mass is 35.5. The summed E-state index contributed by atoms with van der Waals surface area (Å²) >= 11 is 5.89. The molecule has 1 aliphatic heterocycles. The van der Waals surface area contributed by atoms with Gasteiger partial charge in [-0.15, -0.1) is 0 Å². The third kappa shape index (κ3) is 3.66. The third-order valence-electron chi connectivity index (χ3n) is 4.49. The number of ether oxygens (including phenoxy) is 1. The Morgan fingerprint density at radius 3 is 2.33 bits per heavy atom. The smallest absolute Gasteiger partial charge is 0.325 e. The second-order valence-corrected chi connectivity index (χ2v) is 6.77. The lowest BCUT2D eigenvalue weighted by atomic mass is 9.92. The molecule has 2 aromatic carbocycles. The molecule has 3 rings (SSSR count). The number of halogens is 1. The van der Waals surface area contributed by atoms with E-state index < -0.39 is 17.5 Å². The van der Waals surface area contributed by atoms with Gasteiger partial charge < -0.3 is 10.1 Å². The lowest BCUT2D eigenvalue weighted by molar-refractivity contribution is -0.130. The van der Waals surface area contributed by atoms with E-state index in [1.807, 2.05) is 6.92 Å². The van der Waals surface area contributed by atoms with E-state index in [4.69, 9.17) is 16.3 Å². The highest BCUT2D eigenvalue weighted by Crippen LogP contribution is 2.29. The molecule has 140 valence electrons. The Morgan fingerprint density at radius 2 is 1.74 bits per heavy atom. The van der Waals surface area contributed by atoms with Crippen LogP contribution < -0.4 is 10.1 Å². The first kappa shape index (κ1) is 18.9. The van der Waals surface area contributed by atoms with Crippen LogP contribution in [0.25, 0.3) is 0 Å². The van der Waals surface area contributed by atoms with Crippen LogP contribution in [0.5, 0.6) is 5.75 Å². The highest BCUT2D eigenvalue weighted by molar-refractivity contribution is 6.30. The zero-order valence-corrected chi connectivity index (χ0v) is 15.7. The fourth-order valence-corrected chi connectivity index (χ4v) is 3.08. The number of nitrogens with zero attached hydrogens (tertiary/aromatic N) is 1. The molecule has 0 bridgehead atoms. The van der Waals surface area contributed by atoms with Gasteiger partial charge in [-0.3, -0.25) is 14.5 Å². The van der Waals surface area contributed by atoms with Crippen LogP contribution >= 0.6 is 11.6 Å². The molecule has 1 atom stereocenters. The van der Waals surface area contributed by atoms with E-state index in [0.29, 0.717) is 28.5 Å². The fraction of sp³-hybridized carbons (Fsp3) is 0.250. The Kier molecular flexibility index (Phi) is 5.19. The summed E-state index contributed by atoms with van der Waals surface area (Å²) in [6.45, 7) is 3.67. The van der Waals surface area contributed by atoms with Crippen LogP contribution in [-0.4, -0.2) is 35.8 Å². The van der Waals surface area contributed by atoms with Crippen molar-refractivity contribution in [3.05, 3.63) is 64.7 Å². The largest absolute Gasteiger partial charge is 0.494 e. The summed E-state index contributed by atoms with van der Waals surface area (Å²) in [7, 11) is 0. The lowest BCUT2D eigenvalue weighted by Gasteiger charge is -2.22. The molecule has 27 heavy (non-hydrogen) atoms. The van der Waals surface area contributed by atoms with Crippen LogP contribution in [0.2, 0.25) is 5.02 Å². The molecule has 1 N–H and O–H groups in total. The number of rotatable bonds is 6. The maximum Gasteiger partial charge on any atom is 0.325 e. The molecular formula is C20H19ClN2O4. The lowest BCUT2D eigenvalue weighted by Crippen LogP contribution is -2.41. The van der Waals surface area contributed by atoms with E-state index in [1.165, 1.54) is 0 Å². The van der Waals surface area contributed by atoms with Gasteiger partial charge in [-0.2, -0.15) is 0 Å². The van der Waals surface area contributed by atoms with Gasteiger partial charge in [-0.1, -0.05) is 23.7 Å². The van der Waals surface area contributed by atoms with Gasteiger partial charge in [-0.05, 0) is 55.8 Å². The standard InChI is InChI=1S/C20H19ClN2O4/c1-3-27-16-10-4-13(5-11-16)17(24)12-23-18(25)20(2,22-19(23)26)14-6-8-15(21)9-7-14/h4-11H,3,12H2,1-2H3,(H,22,26)/t20-/m0/s1. The SMILES string of the molecule is CCOc1ccc(C(=O)CN2C(=O)N[C@@](C)(c3ccc(Cl)cc3)C2=O)cc1. The van der Waals surface area contributed by atoms with Crippen molar-refractivity contribution in [2.75, 3.05) is 13.2 Å². The van der Waals surface area contributed by atoms with Gasteiger partial charge in [0, 0.05) is 10.6 Å². The molecular weight excluding hydrogens is 368 g/mol. The molecule has 0 saturated carbocycles. The van der Waals surface area contributed by atoms with Crippen LogP contribution in [0.1, 0.15) is 29.8 Å². The number of Topliss-reactive ketones (excluding diaryl/α,β-unsaturated/α-hetero) is 1. The summed E-state index contributed by atoms with van der Waals surface area (Å²) in [5.41, 5.74) is -0.235. The minimum Gasteiger partial charge on any atom is -0.494 e. The van der Waals surface area contributed by atoms with E-state index in [2.05, 4.69) is 5.32 Å². The van der Waals surface area contributed by atoms with Gasteiger partial charge in [0.15, 0.2) is 5.78 Å². The third-order valence-corrected chi connectivity index (χ3v) is 4.74. The van der Waals surface area contributed by atoms with Crippen molar-refractivity contribution in [1.29, 1.82) is 0 Å². The second-order valence-electron chi connectivity index (χ2n) is 6.33. The maximum atomic E-state index is 12.9. The highest BCUT2D eigenvalue weighted by Gasteiger charge is 2.49. The van der Waals surface area contributed by atoms with Crippen molar-refractivity contribution in [3.8, 4) is 5.75 Å². The topological polar surface area (TPSA) is 75.7 Å². The number of carbonyl (C=O) groups is 3. The average Bonchev–Trinajstić information content (AvgIpc) is 2.87. The van der Waals surface area contributed by atoms with Gasteiger partial charge in [0.1, 0.15) is 11.3 Å². The number of imide groups is 1. The Labute approximate surface area is 162 Å². The van der Waals surface area contributed by atoms with Crippen molar-refractivity contribution in [2.24, 2.45) is 0 Å². The first-order valence-corrected chi connectivity index (χ1v) is 8.89. The number of ketones is 1. The van der Waals surface area contributed by atoms with Crippen molar-refractivity contribution >= 4 is 29.3 Å². The Hall–Kier alpha value is -2.86. The summed E-state index contributed by atoms with van der Waals surface area (Å²) in [6, 6.07) is 12.6. The summed E-state index contributed by atoms with van der Waals surface area (Å²) in [4.78, 5) is 38.7.